The van der Waals surface area contributed by atoms with Gasteiger partial charge in [-0.15, -0.1) is 5.10 Å². The SMILES string of the molecule is CN1CC(OC2CCN(c3c(F)cncc3NC(=O)c3c(N)nn4cc(F)cnc34)CC2)C1. The van der Waals surface area contributed by atoms with Gasteiger partial charge in [0.05, 0.1) is 42.7 Å². The van der Waals surface area contributed by atoms with Crippen LogP contribution >= 0.6 is 0 Å². The van der Waals surface area contributed by atoms with Gasteiger partial charge < -0.3 is 25.6 Å². The number of nitrogens with one attached hydrogen (secondary N) is 1. The predicted molar refractivity (Wildman–Crippen MR) is 117 cm³/mol. The molecule has 174 valence electrons. The Morgan fingerprint density at radius 2 is 1.94 bits per heavy atom. The predicted octanol–water partition coefficient (Wildman–Crippen LogP) is 1.54. The molecule has 0 radical (unpaired) electrons. The van der Waals surface area contributed by atoms with Crippen molar-refractivity contribution in [2.45, 2.75) is 25.0 Å². The van der Waals surface area contributed by atoms with Crippen LogP contribution in [-0.4, -0.2) is 75.8 Å². The third kappa shape index (κ3) is 4.18. The fourth-order valence-electron chi connectivity index (χ4n) is 4.39. The number of nitrogens with zero attached hydrogens (tertiary/aromatic N) is 6. The van der Waals surface area contributed by atoms with E-state index in [1.54, 1.807) is 0 Å². The molecule has 3 aromatic rings. The number of ether oxygens (including phenoxy) is 1. The fraction of sp³-hybridized carbons (Fsp3) is 0.429. The Morgan fingerprint density at radius 3 is 2.67 bits per heavy atom. The van der Waals surface area contributed by atoms with E-state index in [2.05, 4.69) is 32.3 Å². The average Bonchev–Trinajstić information content (AvgIpc) is 3.08. The topological polar surface area (TPSA) is 114 Å². The van der Waals surface area contributed by atoms with Crippen molar-refractivity contribution >= 4 is 28.7 Å². The largest absolute Gasteiger partial charge is 0.381 e. The summed E-state index contributed by atoms with van der Waals surface area (Å²) >= 11 is 0. The summed E-state index contributed by atoms with van der Waals surface area (Å²) < 4.78 is 35.5. The number of carbonyl (C=O) groups is 1. The zero-order valence-electron chi connectivity index (χ0n) is 18.0. The number of pyridine rings is 1. The molecule has 2 aliphatic rings. The smallest absolute Gasteiger partial charge is 0.263 e. The number of rotatable bonds is 5. The molecule has 5 heterocycles. The Balaban J connectivity index is 1.33. The van der Waals surface area contributed by atoms with Crippen molar-refractivity contribution in [2.24, 2.45) is 0 Å². The number of likely N-dealkylation sites (tertiary alicyclic amines) is 1. The molecule has 5 rings (SSSR count). The number of nitrogen functional groups attached to an aromatic ring is 1. The summed E-state index contributed by atoms with van der Waals surface area (Å²) in [5.74, 6) is -1.91. The molecule has 12 heteroatoms. The Morgan fingerprint density at radius 1 is 1.18 bits per heavy atom. The van der Waals surface area contributed by atoms with Gasteiger partial charge in [0, 0.05) is 26.2 Å². The summed E-state index contributed by atoms with van der Waals surface area (Å²) in [5.41, 5.74) is 6.41. The standard InChI is InChI=1S/C21H24F2N8O2/c1-29-10-14(11-29)33-13-2-4-30(5-3-13)18-15(23)7-25-8-16(18)27-21(32)17-19(24)28-31-9-12(22)6-26-20(17)31/h6-9,13-14H,2-5,10-11H2,1H3,(H2,24,28)(H,27,32). The van der Waals surface area contributed by atoms with E-state index in [4.69, 9.17) is 10.5 Å². The molecule has 10 nitrogen and oxygen atoms in total. The Labute approximate surface area is 188 Å². The van der Waals surface area contributed by atoms with Crippen LogP contribution in [0.1, 0.15) is 23.2 Å². The van der Waals surface area contributed by atoms with Gasteiger partial charge in [-0.25, -0.2) is 18.3 Å². The van der Waals surface area contributed by atoms with Crippen molar-refractivity contribution in [2.75, 3.05) is 49.2 Å². The number of nitrogens with two attached hydrogens (primary N) is 1. The number of carbonyl (C=O) groups excluding carboxylic acids is 1. The molecule has 2 aliphatic heterocycles. The van der Waals surface area contributed by atoms with Gasteiger partial charge >= 0.3 is 0 Å². The van der Waals surface area contributed by atoms with Crippen LogP contribution in [0, 0.1) is 11.6 Å². The van der Waals surface area contributed by atoms with Crippen molar-refractivity contribution < 1.29 is 18.3 Å². The molecule has 2 fully saturated rings. The van der Waals surface area contributed by atoms with Gasteiger partial charge in [-0.05, 0) is 19.9 Å². The van der Waals surface area contributed by atoms with Crippen LogP contribution in [0.2, 0.25) is 0 Å². The lowest BCUT2D eigenvalue weighted by atomic mass is 10.1. The summed E-state index contributed by atoms with van der Waals surface area (Å²) in [6.07, 6.45) is 6.45. The minimum absolute atomic E-state index is 0.0252. The second-order valence-electron chi connectivity index (χ2n) is 8.44. The molecule has 0 saturated carbocycles. The number of hydrogen-bond acceptors (Lipinski definition) is 8. The normalized spacial score (nSPS) is 18.0. The van der Waals surface area contributed by atoms with E-state index in [9.17, 15) is 13.6 Å². The molecule has 0 aliphatic carbocycles. The molecular formula is C21H24F2N8O2. The molecule has 0 spiro atoms. The molecule has 3 aromatic heterocycles. The fourth-order valence-corrected chi connectivity index (χ4v) is 4.39. The van der Waals surface area contributed by atoms with Crippen LogP contribution in [0.4, 0.5) is 26.0 Å². The first-order valence-electron chi connectivity index (χ1n) is 10.7. The molecule has 3 N–H and O–H groups in total. The van der Waals surface area contributed by atoms with Gasteiger partial charge in [0.1, 0.15) is 11.3 Å². The molecule has 0 atom stereocenters. The maximum atomic E-state index is 14.8. The number of hydrogen-bond donors (Lipinski definition) is 2. The van der Waals surface area contributed by atoms with Crippen LogP contribution in [0.5, 0.6) is 0 Å². The second kappa shape index (κ2) is 8.52. The number of amides is 1. The average molecular weight is 458 g/mol. The summed E-state index contributed by atoms with van der Waals surface area (Å²) in [4.78, 5) is 24.9. The minimum atomic E-state index is -0.636. The Kier molecular flexibility index (Phi) is 5.54. The van der Waals surface area contributed by atoms with Crippen LogP contribution in [0.3, 0.4) is 0 Å². The summed E-state index contributed by atoms with van der Waals surface area (Å²) in [5, 5.41) is 6.61. The third-order valence-electron chi connectivity index (χ3n) is 5.99. The van der Waals surface area contributed by atoms with E-state index < -0.39 is 17.5 Å². The lowest BCUT2D eigenvalue weighted by Gasteiger charge is -2.41. The Hall–Kier alpha value is -3.38. The second-order valence-corrected chi connectivity index (χ2v) is 8.44. The lowest BCUT2D eigenvalue weighted by molar-refractivity contribution is -0.0900. The number of aromatic nitrogens is 4. The van der Waals surface area contributed by atoms with Gasteiger partial charge in [-0.3, -0.25) is 9.78 Å². The van der Waals surface area contributed by atoms with Gasteiger partial charge in [0.25, 0.3) is 5.91 Å². The van der Waals surface area contributed by atoms with Crippen LogP contribution in [0.25, 0.3) is 5.65 Å². The first-order chi connectivity index (χ1) is 15.9. The quantitative estimate of drug-likeness (QED) is 0.592. The highest BCUT2D eigenvalue weighted by Gasteiger charge is 2.31. The van der Waals surface area contributed by atoms with E-state index >= 15 is 0 Å². The van der Waals surface area contributed by atoms with Crippen LogP contribution < -0.4 is 16.0 Å². The van der Waals surface area contributed by atoms with Crippen molar-refractivity contribution in [1.82, 2.24) is 24.5 Å². The first-order valence-corrected chi connectivity index (χ1v) is 10.7. The third-order valence-corrected chi connectivity index (χ3v) is 5.99. The van der Waals surface area contributed by atoms with Gasteiger partial charge in [-0.1, -0.05) is 0 Å². The highest BCUT2D eigenvalue weighted by molar-refractivity contribution is 6.12. The van der Waals surface area contributed by atoms with E-state index in [0.717, 1.165) is 49.0 Å². The van der Waals surface area contributed by atoms with E-state index in [0.29, 0.717) is 13.1 Å². The Bertz CT molecular complexity index is 1190. The molecule has 1 amide bonds. The maximum Gasteiger partial charge on any atom is 0.263 e. The first kappa shape index (κ1) is 21.5. The maximum absolute atomic E-state index is 14.8. The van der Waals surface area contributed by atoms with Crippen molar-refractivity contribution in [1.29, 1.82) is 0 Å². The summed E-state index contributed by atoms with van der Waals surface area (Å²) in [6, 6.07) is 0. The highest BCUT2D eigenvalue weighted by Crippen LogP contribution is 2.32. The molecule has 2 saturated heterocycles. The molecule has 33 heavy (non-hydrogen) atoms. The van der Waals surface area contributed by atoms with E-state index in [1.807, 2.05) is 4.90 Å². The molecule has 0 unspecified atom stereocenters. The molecular weight excluding hydrogens is 434 g/mol. The lowest BCUT2D eigenvalue weighted by Crippen LogP contribution is -2.52. The molecule has 0 aromatic carbocycles. The van der Waals surface area contributed by atoms with Gasteiger partial charge in [0.15, 0.2) is 23.1 Å². The zero-order valence-corrected chi connectivity index (χ0v) is 18.0. The number of halogens is 2. The molecule has 0 bridgehead atoms. The summed E-state index contributed by atoms with van der Waals surface area (Å²) in [6.45, 7) is 3.03. The number of anilines is 3. The van der Waals surface area contributed by atoms with Gasteiger partial charge in [0.2, 0.25) is 0 Å². The van der Waals surface area contributed by atoms with Gasteiger partial charge in [-0.2, -0.15) is 0 Å². The van der Waals surface area contributed by atoms with E-state index in [-0.39, 0.29) is 40.6 Å². The summed E-state index contributed by atoms with van der Waals surface area (Å²) in [7, 11) is 2.06. The number of fused-ring (bicyclic) bond motifs is 1. The van der Waals surface area contributed by atoms with E-state index in [1.165, 1.54) is 6.20 Å². The monoisotopic (exact) mass is 458 g/mol. The highest BCUT2D eigenvalue weighted by atomic mass is 19.1. The van der Waals surface area contributed by atoms with Crippen molar-refractivity contribution in [3.05, 3.63) is 42.0 Å². The van der Waals surface area contributed by atoms with Crippen LogP contribution in [-0.2, 0) is 4.74 Å². The zero-order chi connectivity index (χ0) is 23.1. The number of piperidine rings is 1. The minimum Gasteiger partial charge on any atom is -0.381 e. The number of likely N-dealkylation sites (N-methyl/N-ethyl adjacent to an activating group) is 1. The van der Waals surface area contributed by atoms with Crippen LogP contribution in [0.15, 0.2) is 24.8 Å². The van der Waals surface area contributed by atoms with Crippen molar-refractivity contribution in [3.63, 3.8) is 0 Å². The van der Waals surface area contributed by atoms with Crippen molar-refractivity contribution in [3.8, 4) is 0 Å².